The number of aryl methyl sites for hydroxylation is 1. The Bertz CT molecular complexity index is 978. The molecule has 3 aromatic rings. The van der Waals surface area contributed by atoms with Crippen molar-refractivity contribution in [1.29, 1.82) is 0 Å². The number of aromatic amines is 1. The lowest BCUT2D eigenvalue weighted by atomic mass is 9.89. The minimum atomic E-state index is -0.920. The van der Waals surface area contributed by atoms with E-state index in [1.165, 1.54) is 0 Å². The summed E-state index contributed by atoms with van der Waals surface area (Å²) in [5, 5.41) is 9.21. The Morgan fingerprint density at radius 1 is 1.18 bits per heavy atom. The SMILES string of the molecule is O=C(O)c1cccc([C@H]2CCCN(C(=O)CCc3nc4ccccc4[nH]3)C2)c1. The largest absolute Gasteiger partial charge is 0.478 e. The zero-order valence-electron chi connectivity index (χ0n) is 15.6. The Morgan fingerprint density at radius 3 is 2.86 bits per heavy atom. The van der Waals surface area contributed by atoms with Gasteiger partial charge in [-0.15, -0.1) is 0 Å². The number of nitrogens with zero attached hydrogens (tertiary/aromatic N) is 2. The lowest BCUT2D eigenvalue weighted by Gasteiger charge is -2.33. The molecule has 1 atom stereocenters. The van der Waals surface area contributed by atoms with Gasteiger partial charge in [0.25, 0.3) is 0 Å². The van der Waals surface area contributed by atoms with Gasteiger partial charge in [-0.25, -0.2) is 9.78 Å². The number of hydrogen-bond donors (Lipinski definition) is 2. The van der Waals surface area contributed by atoms with Crippen LogP contribution in [0.5, 0.6) is 0 Å². The van der Waals surface area contributed by atoms with Crippen LogP contribution in [0.3, 0.4) is 0 Å². The molecule has 2 aromatic carbocycles. The second kappa shape index (κ2) is 7.84. The maximum atomic E-state index is 12.7. The molecule has 1 aromatic heterocycles. The summed E-state index contributed by atoms with van der Waals surface area (Å²) in [7, 11) is 0. The van der Waals surface area contributed by atoms with Crippen LogP contribution in [0.15, 0.2) is 48.5 Å². The normalized spacial score (nSPS) is 17.0. The summed E-state index contributed by atoms with van der Waals surface area (Å²) >= 11 is 0. The van der Waals surface area contributed by atoms with Crippen LogP contribution in [0.1, 0.15) is 46.9 Å². The number of H-pyrrole nitrogens is 1. The number of para-hydroxylation sites is 2. The molecule has 0 radical (unpaired) electrons. The molecule has 144 valence electrons. The third-order valence-electron chi connectivity index (χ3n) is 5.39. The van der Waals surface area contributed by atoms with Crippen molar-refractivity contribution in [1.82, 2.24) is 14.9 Å². The number of benzene rings is 2. The fourth-order valence-electron chi connectivity index (χ4n) is 3.91. The van der Waals surface area contributed by atoms with Crippen molar-refractivity contribution in [2.75, 3.05) is 13.1 Å². The second-order valence-electron chi connectivity index (χ2n) is 7.31. The highest BCUT2D eigenvalue weighted by Crippen LogP contribution is 2.28. The molecule has 1 fully saturated rings. The van der Waals surface area contributed by atoms with Gasteiger partial charge in [0.1, 0.15) is 5.82 Å². The summed E-state index contributed by atoms with van der Waals surface area (Å²) in [4.78, 5) is 33.7. The predicted molar refractivity (Wildman–Crippen MR) is 106 cm³/mol. The molecule has 0 unspecified atom stereocenters. The summed E-state index contributed by atoms with van der Waals surface area (Å²) in [6.07, 6.45) is 2.90. The number of carboxylic acid groups (broad SMARTS) is 1. The van der Waals surface area contributed by atoms with Crippen LogP contribution in [-0.4, -0.2) is 44.9 Å². The summed E-state index contributed by atoms with van der Waals surface area (Å²) < 4.78 is 0. The molecule has 6 heteroatoms. The number of hydrogen-bond acceptors (Lipinski definition) is 3. The number of carbonyl (C=O) groups is 2. The van der Waals surface area contributed by atoms with Crippen LogP contribution in [-0.2, 0) is 11.2 Å². The highest BCUT2D eigenvalue weighted by atomic mass is 16.4. The number of piperidine rings is 1. The number of aromatic nitrogens is 2. The molecule has 0 spiro atoms. The number of carbonyl (C=O) groups excluding carboxylic acids is 1. The molecular formula is C22H23N3O3. The van der Waals surface area contributed by atoms with Crippen molar-refractivity contribution in [3.63, 3.8) is 0 Å². The van der Waals surface area contributed by atoms with Crippen molar-refractivity contribution < 1.29 is 14.7 Å². The molecule has 4 rings (SSSR count). The molecule has 2 heterocycles. The first kappa shape index (κ1) is 18.2. The fourth-order valence-corrected chi connectivity index (χ4v) is 3.91. The third kappa shape index (κ3) is 3.91. The Kier molecular flexibility index (Phi) is 5.10. The van der Waals surface area contributed by atoms with Gasteiger partial charge in [0.2, 0.25) is 5.91 Å². The minimum absolute atomic E-state index is 0.125. The molecule has 1 aliphatic rings. The average molecular weight is 377 g/mol. The number of likely N-dealkylation sites (tertiary alicyclic amines) is 1. The van der Waals surface area contributed by atoms with Crippen molar-refractivity contribution in [2.24, 2.45) is 0 Å². The molecule has 0 aliphatic carbocycles. The summed E-state index contributed by atoms with van der Waals surface area (Å²) in [6, 6.07) is 14.9. The maximum Gasteiger partial charge on any atom is 0.335 e. The van der Waals surface area contributed by atoms with Crippen LogP contribution in [0.4, 0.5) is 0 Å². The number of carboxylic acids is 1. The summed E-state index contributed by atoms with van der Waals surface area (Å²) in [5.74, 6) is 0.219. The van der Waals surface area contributed by atoms with E-state index in [0.717, 1.165) is 41.8 Å². The van der Waals surface area contributed by atoms with E-state index in [2.05, 4.69) is 9.97 Å². The number of nitrogens with one attached hydrogen (secondary N) is 1. The summed E-state index contributed by atoms with van der Waals surface area (Å²) in [6.45, 7) is 1.40. The predicted octanol–water partition coefficient (Wildman–Crippen LogP) is 3.60. The zero-order chi connectivity index (χ0) is 19.5. The van der Waals surface area contributed by atoms with Crippen LogP contribution >= 0.6 is 0 Å². The Hall–Kier alpha value is -3.15. The summed E-state index contributed by atoms with van der Waals surface area (Å²) in [5.41, 5.74) is 3.20. The lowest BCUT2D eigenvalue weighted by molar-refractivity contribution is -0.132. The first-order valence-corrected chi connectivity index (χ1v) is 9.65. The van der Waals surface area contributed by atoms with E-state index < -0.39 is 5.97 Å². The van der Waals surface area contributed by atoms with Gasteiger partial charge in [0.15, 0.2) is 0 Å². The van der Waals surface area contributed by atoms with Crippen LogP contribution in [0.25, 0.3) is 11.0 Å². The molecule has 28 heavy (non-hydrogen) atoms. The smallest absolute Gasteiger partial charge is 0.335 e. The molecule has 0 bridgehead atoms. The third-order valence-corrected chi connectivity index (χ3v) is 5.39. The maximum absolute atomic E-state index is 12.7. The van der Waals surface area contributed by atoms with Gasteiger partial charge in [-0.1, -0.05) is 24.3 Å². The van der Waals surface area contributed by atoms with Crippen molar-refractivity contribution >= 4 is 22.9 Å². The molecule has 1 aliphatic heterocycles. The van der Waals surface area contributed by atoms with Crippen molar-refractivity contribution in [2.45, 2.75) is 31.6 Å². The molecule has 0 saturated carbocycles. The van der Waals surface area contributed by atoms with Gasteiger partial charge in [-0.05, 0) is 42.7 Å². The minimum Gasteiger partial charge on any atom is -0.478 e. The Labute approximate surface area is 163 Å². The average Bonchev–Trinajstić information content (AvgIpc) is 3.15. The highest BCUT2D eigenvalue weighted by Gasteiger charge is 2.25. The van der Waals surface area contributed by atoms with Gasteiger partial charge in [-0.3, -0.25) is 4.79 Å². The monoisotopic (exact) mass is 377 g/mol. The van der Waals surface area contributed by atoms with Gasteiger partial charge in [-0.2, -0.15) is 0 Å². The van der Waals surface area contributed by atoms with Gasteiger partial charge in [0, 0.05) is 31.8 Å². The van der Waals surface area contributed by atoms with Gasteiger partial charge in [0.05, 0.1) is 16.6 Å². The molecule has 1 amide bonds. The number of amides is 1. The van der Waals surface area contributed by atoms with E-state index in [1.807, 2.05) is 35.2 Å². The fraction of sp³-hybridized carbons (Fsp3) is 0.318. The molecule has 2 N–H and O–H groups in total. The van der Waals surface area contributed by atoms with E-state index in [4.69, 9.17) is 0 Å². The van der Waals surface area contributed by atoms with Crippen molar-refractivity contribution in [3.05, 3.63) is 65.5 Å². The van der Waals surface area contributed by atoms with Gasteiger partial charge < -0.3 is 15.0 Å². The number of imidazole rings is 1. The first-order valence-electron chi connectivity index (χ1n) is 9.65. The lowest BCUT2D eigenvalue weighted by Crippen LogP contribution is -2.39. The van der Waals surface area contributed by atoms with E-state index >= 15 is 0 Å². The highest BCUT2D eigenvalue weighted by molar-refractivity contribution is 5.87. The van der Waals surface area contributed by atoms with Crippen LogP contribution in [0, 0.1) is 0 Å². The molecule has 6 nitrogen and oxygen atoms in total. The van der Waals surface area contributed by atoms with E-state index in [9.17, 15) is 14.7 Å². The van der Waals surface area contributed by atoms with Crippen LogP contribution < -0.4 is 0 Å². The molecule has 1 saturated heterocycles. The number of rotatable bonds is 5. The van der Waals surface area contributed by atoms with E-state index in [-0.39, 0.29) is 11.8 Å². The molecular weight excluding hydrogens is 354 g/mol. The Morgan fingerprint density at radius 2 is 2.04 bits per heavy atom. The Balaban J connectivity index is 1.39. The van der Waals surface area contributed by atoms with Gasteiger partial charge >= 0.3 is 5.97 Å². The topological polar surface area (TPSA) is 86.3 Å². The zero-order valence-corrected chi connectivity index (χ0v) is 15.6. The van der Waals surface area contributed by atoms with Crippen molar-refractivity contribution in [3.8, 4) is 0 Å². The second-order valence-corrected chi connectivity index (χ2v) is 7.31. The quantitative estimate of drug-likeness (QED) is 0.711. The van der Waals surface area contributed by atoms with E-state index in [1.54, 1.807) is 18.2 Å². The first-order chi connectivity index (χ1) is 13.6. The standard InChI is InChI=1S/C22H23N3O3/c26-21(11-10-20-23-18-8-1-2-9-19(18)24-20)25-12-4-7-17(14-25)15-5-3-6-16(13-15)22(27)28/h1-3,5-6,8-9,13,17H,4,7,10-12,14H2,(H,23,24)(H,27,28)/t17-/m0/s1. The number of fused-ring (bicyclic) bond motifs is 1. The van der Waals surface area contributed by atoms with E-state index in [0.29, 0.717) is 24.9 Å². The number of aromatic carboxylic acids is 1. The van der Waals surface area contributed by atoms with Crippen LogP contribution in [0.2, 0.25) is 0 Å².